The lowest BCUT2D eigenvalue weighted by molar-refractivity contribution is -0.229. The molecule has 10 heteroatoms. The maximum absolute atomic E-state index is 14.6. The second-order valence-electron chi connectivity index (χ2n) is 7.97. The van der Waals surface area contributed by atoms with Crippen LogP contribution in [0.15, 0.2) is 30.3 Å². The van der Waals surface area contributed by atoms with E-state index in [-0.39, 0.29) is 24.3 Å². The third kappa shape index (κ3) is 4.01. The molecular weight excluding hydrogens is 526 g/mol. The van der Waals surface area contributed by atoms with Crippen molar-refractivity contribution in [2.24, 2.45) is 0 Å². The van der Waals surface area contributed by atoms with Gasteiger partial charge in [0.05, 0.1) is 30.0 Å². The number of halogens is 4. The van der Waals surface area contributed by atoms with E-state index in [0.717, 1.165) is 25.0 Å². The van der Waals surface area contributed by atoms with Gasteiger partial charge in [0, 0.05) is 3.57 Å². The van der Waals surface area contributed by atoms with E-state index in [1.807, 2.05) is 22.6 Å². The molecule has 166 valence electrons. The number of hydrogen-bond acceptors (Lipinski definition) is 5. The van der Waals surface area contributed by atoms with Crippen LogP contribution in [0.25, 0.3) is 0 Å². The number of nitrogens with one attached hydrogen (secondary N) is 2. The summed E-state index contributed by atoms with van der Waals surface area (Å²) in [5.41, 5.74) is -3.86. The van der Waals surface area contributed by atoms with Crippen LogP contribution in [-0.2, 0) is 0 Å². The highest BCUT2D eigenvalue weighted by Gasteiger charge is 2.58. The number of carbonyl (C=O) groups excluding carboxylic acids is 1. The van der Waals surface area contributed by atoms with Crippen LogP contribution in [0.4, 0.5) is 24.5 Å². The summed E-state index contributed by atoms with van der Waals surface area (Å²) in [6.07, 6.45) is 1.95. The number of hydrogen-bond donors (Lipinski definition) is 4. The smallest absolute Gasteiger partial charge is 0.256 e. The van der Waals surface area contributed by atoms with Gasteiger partial charge in [-0.1, -0.05) is 0 Å². The molecular formula is C21H21F3IN3O3. The van der Waals surface area contributed by atoms with Crippen LogP contribution in [0.2, 0.25) is 0 Å². The predicted molar refractivity (Wildman–Crippen MR) is 116 cm³/mol. The average Bonchev–Trinajstić information content (AvgIpc) is 2.71. The minimum absolute atomic E-state index is 0.111. The lowest BCUT2D eigenvalue weighted by Crippen LogP contribution is -2.78. The molecule has 6 nitrogen and oxygen atoms in total. The Hall–Kier alpha value is -1.89. The van der Waals surface area contributed by atoms with Crippen LogP contribution >= 0.6 is 22.6 Å². The first kappa shape index (κ1) is 22.3. The fourth-order valence-electron chi connectivity index (χ4n) is 4.02. The fraction of sp³-hybridized carbons (Fsp3) is 0.381. The van der Waals surface area contributed by atoms with Crippen molar-refractivity contribution in [1.29, 1.82) is 0 Å². The summed E-state index contributed by atoms with van der Waals surface area (Å²) in [5, 5.41) is 27.0. The SMILES string of the molecule is O=C(c1ccc(F)c(F)c1Nc1ccc(I)cc1F)N1CC(O)(C2(O)CCCCN2)C1. The molecule has 2 aliphatic heterocycles. The molecule has 0 spiro atoms. The molecule has 2 aromatic rings. The Bertz CT molecular complexity index is 1020. The van der Waals surface area contributed by atoms with E-state index in [2.05, 4.69) is 10.6 Å². The van der Waals surface area contributed by atoms with Crippen molar-refractivity contribution in [3.63, 3.8) is 0 Å². The van der Waals surface area contributed by atoms with Crippen LogP contribution in [0.5, 0.6) is 0 Å². The zero-order chi connectivity index (χ0) is 22.4. The molecule has 4 N–H and O–H groups in total. The van der Waals surface area contributed by atoms with Crippen molar-refractivity contribution in [2.45, 2.75) is 30.6 Å². The van der Waals surface area contributed by atoms with Gasteiger partial charge in [0.1, 0.15) is 17.1 Å². The normalized spacial score (nSPS) is 22.7. The first-order valence-corrected chi connectivity index (χ1v) is 10.9. The van der Waals surface area contributed by atoms with Crippen molar-refractivity contribution >= 4 is 39.9 Å². The zero-order valence-corrected chi connectivity index (χ0v) is 18.5. The van der Waals surface area contributed by atoms with Gasteiger partial charge in [-0.15, -0.1) is 0 Å². The number of likely N-dealkylation sites (tertiary alicyclic amines) is 1. The summed E-state index contributed by atoms with van der Waals surface area (Å²) in [5.74, 6) is -3.85. The maximum Gasteiger partial charge on any atom is 0.256 e. The van der Waals surface area contributed by atoms with E-state index in [9.17, 15) is 28.2 Å². The molecule has 31 heavy (non-hydrogen) atoms. The van der Waals surface area contributed by atoms with E-state index in [1.165, 1.54) is 17.0 Å². The monoisotopic (exact) mass is 547 g/mol. The lowest BCUT2D eigenvalue weighted by atomic mass is 9.78. The van der Waals surface area contributed by atoms with Gasteiger partial charge >= 0.3 is 0 Å². The van der Waals surface area contributed by atoms with E-state index < -0.39 is 40.4 Å². The van der Waals surface area contributed by atoms with Gasteiger partial charge in [-0.3, -0.25) is 10.1 Å². The van der Waals surface area contributed by atoms with Gasteiger partial charge < -0.3 is 20.4 Å². The second kappa shape index (κ2) is 8.23. The largest absolute Gasteiger partial charge is 0.382 e. The van der Waals surface area contributed by atoms with Gasteiger partial charge in [-0.25, -0.2) is 13.2 Å². The van der Waals surface area contributed by atoms with Gasteiger partial charge in [0.25, 0.3) is 5.91 Å². The highest BCUT2D eigenvalue weighted by molar-refractivity contribution is 14.1. The van der Waals surface area contributed by atoms with Crippen LogP contribution in [-0.4, -0.2) is 52.0 Å². The molecule has 0 radical (unpaired) electrons. The molecule has 0 aromatic heterocycles. The van der Waals surface area contributed by atoms with Crippen LogP contribution < -0.4 is 10.6 Å². The van der Waals surface area contributed by atoms with Gasteiger partial charge in [0.2, 0.25) is 0 Å². The molecule has 2 heterocycles. The van der Waals surface area contributed by atoms with Crippen LogP contribution in [0.1, 0.15) is 29.6 Å². The van der Waals surface area contributed by atoms with Crippen LogP contribution in [0.3, 0.4) is 0 Å². The third-order valence-corrected chi connectivity index (χ3v) is 6.53. The second-order valence-corrected chi connectivity index (χ2v) is 9.22. The number of carbonyl (C=O) groups is 1. The van der Waals surface area contributed by atoms with Crippen molar-refractivity contribution in [1.82, 2.24) is 10.2 Å². The highest BCUT2D eigenvalue weighted by atomic mass is 127. The number of aliphatic hydroxyl groups is 2. The Morgan fingerprint density at radius 1 is 1.10 bits per heavy atom. The Morgan fingerprint density at radius 2 is 1.84 bits per heavy atom. The quantitative estimate of drug-likeness (QED) is 0.443. The molecule has 2 fully saturated rings. The lowest BCUT2D eigenvalue weighted by Gasteiger charge is -2.55. The Morgan fingerprint density at radius 3 is 2.48 bits per heavy atom. The molecule has 2 aromatic carbocycles. The summed E-state index contributed by atoms with van der Waals surface area (Å²) in [4.78, 5) is 14.2. The fourth-order valence-corrected chi connectivity index (χ4v) is 4.48. The third-order valence-electron chi connectivity index (χ3n) is 5.86. The number of benzene rings is 2. The molecule has 0 aliphatic carbocycles. The summed E-state index contributed by atoms with van der Waals surface area (Å²) >= 11 is 1.91. The van der Waals surface area contributed by atoms with Crippen molar-refractivity contribution in [2.75, 3.05) is 25.0 Å². The molecule has 1 atom stereocenters. The number of rotatable bonds is 4. The van der Waals surface area contributed by atoms with E-state index in [4.69, 9.17) is 0 Å². The minimum atomic E-state index is -1.54. The molecule has 2 aliphatic rings. The summed E-state index contributed by atoms with van der Waals surface area (Å²) in [6.45, 7) is 0.197. The van der Waals surface area contributed by atoms with E-state index >= 15 is 0 Å². The summed E-state index contributed by atoms with van der Waals surface area (Å²) in [7, 11) is 0. The van der Waals surface area contributed by atoms with E-state index in [0.29, 0.717) is 16.5 Å². The van der Waals surface area contributed by atoms with Crippen LogP contribution in [0, 0.1) is 21.0 Å². The molecule has 0 bridgehead atoms. The first-order chi connectivity index (χ1) is 14.6. The van der Waals surface area contributed by atoms with Crippen molar-refractivity contribution < 1.29 is 28.2 Å². The standard InChI is InChI=1S/C21H21F3IN3O3/c22-14-5-4-13(18(17(14)24)27-16-6-3-12(25)9-15(16)23)19(29)28-10-20(30,11-28)21(31)7-1-2-8-26-21/h3-6,9,26-27,30-31H,1-2,7-8,10-11H2. The molecule has 1 unspecified atom stereocenters. The van der Waals surface area contributed by atoms with Gasteiger partial charge in [0.15, 0.2) is 11.6 Å². The van der Waals surface area contributed by atoms with Gasteiger partial charge in [-0.05, 0) is 78.7 Å². The minimum Gasteiger partial charge on any atom is -0.382 e. The number of nitrogens with zero attached hydrogens (tertiary/aromatic N) is 1. The Labute approximate surface area is 190 Å². The summed E-state index contributed by atoms with van der Waals surface area (Å²) < 4.78 is 43.3. The van der Waals surface area contributed by atoms with Crippen molar-refractivity contribution in [3.05, 3.63) is 56.9 Å². The number of β-amino-alcohol motifs (C(OH)–C–C–N with tert-alkyl or cyclic N) is 1. The Balaban J connectivity index is 1.58. The first-order valence-electron chi connectivity index (χ1n) is 9.83. The molecule has 4 rings (SSSR count). The maximum atomic E-state index is 14.6. The number of amides is 1. The number of anilines is 2. The Kier molecular flexibility index (Phi) is 5.92. The molecule has 1 amide bonds. The predicted octanol–water partition coefficient (Wildman–Crippen LogP) is 3.10. The van der Waals surface area contributed by atoms with Gasteiger partial charge in [-0.2, -0.15) is 0 Å². The molecule has 2 saturated heterocycles. The van der Waals surface area contributed by atoms with Crippen molar-refractivity contribution in [3.8, 4) is 0 Å². The summed E-state index contributed by atoms with van der Waals surface area (Å²) in [6, 6.07) is 6.09. The number of piperidine rings is 1. The topological polar surface area (TPSA) is 84.8 Å². The molecule has 0 saturated carbocycles. The highest BCUT2D eigenvalue weighted by Crippen LogP contribution is 2.38. The average molecular weight is 547 g/mol. The zero-order valence-electron chi connectivity index (χ0n) is 16.4. The van der Waals surface area contributed by atoms with E-state index in [1.54, 1.807) is 6.07 Å².